The van der Waals surface area contributed by atoms with Crippen molar-refractivity contribution in [1.82, 2.24) is 10.2 Å². The van der Waals surface area contributed by atoms with Crippen molar-refractivity contribution >= 4 is 11.8 Å². The minimum atomic E-state index is -0.803. The molecule has 0 aromatic heterocycles. The first-order chi connectivity index (χ1) is 14.0. The summed E-state index contributed by atoms with van der Waals surface area (Å²) in [5.41, 5.74) is 0.993. The predicted octanol–water partition coefficient (Wildman–Crippen LogP) is 3.04. The normalized spacial score (nSPS) is 15.5. The first-order valence-corrected chi connectivity index (χ1v) is 9.99. The zero-order valence-corrected chi connectivity index (χ0v) is 16.7. The lowest BCUT2D eigenvalue weighted by molar-refractivity contribution is -0.136. The van der Waals surface area contributed by atoms with Gasteiger partial charge in [-0.1, -0.05) is 42.5 Å². The Bertz CT molecular complexity index is 818. The van der Waals surface area contributed by atoms with Gasteiger partial charge in [0.25, 0.3) is 0 Å². The minimum absolute atomic E-state index is 0.0662. The highest BCUT2D eigenvalue weighted by molar-refractivity contribution is 5.91. The van der Waals surface area contributed by atoms with Crippen LogP contribution in [0.5, 0.6) is 0 Å². The van der Waals surface area contributed by atoms with E-state index in [4.69, 9.17) is 4.74 Å². The summed E-state index contributed by atoms with van der Waals surface area (Å²) in [5, 5.41) is 2.83. The van der Waals surface area contributed by atoms with Crippen molar-refractivity contribution in [3.8, 4) is 0 Å². The first-order valence-electron chi connectivity index (χ1n) is 9.99. The number of carbonyl (C=O) groups is 2. The van der Waals surface area contributed by atoms with Crippen LogP contribution in [0.25, 0.3) is 0 Å². The van der Waals surface area contributed by atoms with E-state index in [1.165, 1.54) is 12.1 Å². The zero-order chi connectivity index (χ0) is 20.7. The topological polar surface area (TPSA) is 58.6 Å². The molecule has 0 spiro atoms. The van der Waals surface area contributed by atoms with Gasteiger partial charge in [0.2, 0.25) is 11.8 Å². The summed E-state index contributed by atoms with van der Waals surface area (Å²) in [4.78, 5) is 27.5. The van der Waals surface area contributed by atoms with Crippen LogP contribution in [-0.4, -0.2) is 43.0 Å². The quantitative estimate of drug-likeness (QED) is 0.780. The second-order valence-electron chi connectivity index (χ2n) is 7.28. The highest BCUT2D eigenvalue weighted by Crippen LogP contribution is 2.35. The molecule has 1 aliphatic rings. The number of amides is 2. The maximum atomic E-state index is 13.4. The summed E-state index contributed by atoms with van der Waals surface area (Å²) in [7, 11) is 0. The maximum absolute atomic E-state index is 13.4. The number of hydrogen-bond donors (Lipinski definition) is 1. The van der Waals surface area contributed by atoms with Gasteiger partial charge in [-0.3, -0.25) is 9.59 Å². The van der Waals surface area contributed by atoms with Crippen molar-refractivity contribution in [2.24, 2.45) is 0 Å². The zero-order valence-electron chi connectivity index (χ0n) is 16.7. The summed E-state index contributed by atoms with van der Waals surface area (Å²) in [6.07, 6.45) is 1.00. The van der Waals surface area contributed by atoms with Crippen LogP contribution in [0.4, 0.5) is 4.39 Å². The molecule has 1 fully saturated rings. The number of ether oxygens (including phenoxy) is 1. The number of hydrogen-bond acceptors (Lipinski definition) is 3. The summed E-state index contributed by atoms with van der Waals surface area (Å²) in [5.74, 6) is -0.686. The third-order valence-electron chi connectivity index (χ3n) is 5.53. The highest BCUT2D eigenvalue weighted by Gasteiger charge is 2.41. The van der Waals surface area contributed by atoms with E-state index in [0.29, 0.717) is 39.1 Å². The van der Waals surface area contributed by atoms with Gasteiger partial charge in [0.1, 0.15) is 5.82 Å². The van der Waals surface area contributed by atoms with Gasteiger partial charge >= 0.3 is 0 Å². The molecule has 0 radical (unpaired) electrons. The molecule has 0 bridgehead atoms. The van der Waals surface area contributed by atoms with Crippen LogP contribution in [0.1, 0.15) is 30.9 Å². The molecule has 2 amide bonds. The van der Waals surface area contributed by atoms with E-state index >= 15 is 0 Å². The Hall–Kier alpha value is -2.73. The monoisotopic (exact) mass is 398 g/mol. The summed E-state index contributed by atoms with van der Waals surface area (Å²) in [6, 6.07) is 15.8. The van der Waals surface area contributed by atoms with Crippen LogP contribution < -0.4 is 5.32 Å². The van der Waals surface area contributed by atoms with Crippen molar-refractivity contribution < 1.29 is 18.7 Å². The van der Waals surface area contributed by atoms with E-state index in [2.05, 4.69) is 5.32 Å². The summed E-state index contributed by atoms with van der Waals surface area (Å²) >= 11 is 0. The molecule has 2 aromatic carbocycles. The first kappa shape index (κ1) is 21.0. The predicted molar refractivity (Wildman–Crippen MR) is 109 cm³/mol. The van der Waals surface area contributed by atoms with Crippen LogP contribution in [-0.2, 0) is 26.3 Å². The standard InChI is InChI=1S/C23H27FN2O3/c1-2-26(17-18-6-4-3-5-7-18)21(27)16-25-22(28)23(12-14-29-15-13-23)19-8-10-20(24)11-9-19/h3-11H,2,12-17H2,1H3,(H,25,28). The second kappa shape index (κ2) is 9.65. The SMILES string of the molecule is CCN(Cc1ccccc1)C(=O)CNC(=O)C1(c2ccc(F)cc2)CCOCC1. The average molecular weight is 398 g/mol. The van der Waals surface area contributed by atoms with Crippen LogP contribution in [0, 0.1) is 5.82 Å². The van der Waals surface area contributed by atoms with E-state index in [1.807, 2.05) is 37.3 Å². The molecule has 0 aliphatic carbocycles. The molecule has 1 heterocycles. The molecule has 154 valence electrons. The fourth-order valence-electron chi connectivity index (χ4n) is 3.75. The Morgan fingerprint density at radius 2 is 1.72 bits per heavy atom. The van der Waals surface area contributed by atoms with Gasteiger partial charge in [-0.2, -0.15) is 0 Å². The lowest BCUT2D eigenvalue weighted by atomic mass is 9.73. The van der Waals surface area contributed by atoms with E-state index in [9.17, 15) is 14.0 Å². The molecule has 0 saturated carbocycles. The number of nitrogens with zero attached hydrogens (tertiary/aromatic N) is 1. The molecule has 2 aromatic rings. The van der Waals surface area contributed by atoms with Gasteiger partial charge in [0, 0.05) is 26.3 Å². The summed E-state index contributed by atoms with van der Waals surface area (Å²) in [6.45, 7) is 3.82. The molecule has 1 aliphatic heterocycles. The van der Waals surface area contributed by atoms with Gasteiger partial charge in [-0.15, -0.1) is 0 Å². The number of rotatable bonds is 7. The van der Waals surface area contributed by atoms with Crippen molar-refractivity contribution in [2.45, 2.75) is 31.7 Å². The molecule has 1 saturated heterocycles. The smallest absolute Gasteiger partial charge is 0.242 e. The largest absolute Gasteiger partial charge is 0.381 e. The van der Waals surface area contributed by atoms with Crippen molar-refractivity contribution in [2.75, 3.05) is 26.3 Å². The summed E-state index contributed by atoms with van der Waals surface area (Å²) < 4.78 is 18.8. The number of nitrogens with one attached hydrogen (secondary N) is 1. The van der Waals surface area contributed by atoms with E-state index in [1.54, 1.807) is 17.0 Å². The number of likely N-dealkylation sites (N-methyl/N-ethyl adjacent to an activating group) is 1. The molecule has 6 heteroatoms. The molecular formula is C23H27FN2O3. The molecule has 29 heavy (non-hydrogen) atoms. The number of carbonyl (C=O) groups excluding carboxylic acids is 2. The molecule has 3 rings (SSSR count). The lowest BCUT2D eigenvalue weighted by Gasteiger charge is -2.36. The van der Waals surface area contributed by atoms with Crippen LogP contribution in [0.2, 0.25) is 0 Å². The van der Waals surface area contributed by atoms with Gasteiger partial charge in [-0.05, 0) is 43.0 Å². The molecule has 1 N–H and O–H groups in total. The van der Waals surface area contributed by atoms with E-state index in [0.717, 1.165) is 11.1 Å². The van der Waals surface area contributed by atoms with Crippen molar-refractivity contribution in [1.29, 1.82) is 0 Å². The van der Waals surface area contributed by atoms with Crippen LogP contribution in [0.15, 0.2) is 54.6 Å². The van der Waals surface area contributed by atoms with Crippen LogP contribution in [0.3, 0.4) is 0 Å². The van der Waals surface area contributed by atoms with Crippen LogP contribution >= 0.6 is 0 Å². The Balaban J connectivity index is 1.67. The van der Waals surface area contributed by atoms with Crippen molar-refractivity contribution in [3.63, 3.8) is 0 Å². The lowest BCUT2D eigenvalue weighted by Crippen LogP contribution is -2.50. The highest BCUT2D eigenvalue weighted by atomic mass is 19.1. The second-order valence-corrected chi connectivity index (χ2v) is 7.28. The molecule has 5 nitrogen and oxygen atoms in total. The van der Waals surface area contributed by atoms with Gasteiger partial charge in [0.05, 0.1) is 12.0 Å². The Labute approximate surface area is 170 Å². The minimum Gasteiger partial charge on any atom is -0.381 e. The number of halogens is 1. The third-order valence-corrected chi connectivity index (χ3v) is 5.53. The maximum Gasteiger partial charge on any atom is 0.242 e. The third kappa shape index (κ3) is 5.01. The van der Waals surface area contributed by atoms with Gasteiger partial charge < -0.3 is 15.0 Å². The average Bonchev–Trinajstić information content (AvgIpc) is 2.77. The fourth-order valence-corrected chi connectivity index (χ4v) is 3.75. The van der Waals surface area contributed by atoms with Crippen molar-refractivity contribution in [3.05, 3.63) is 71.5 Å². The Morgan fingerprint density at radius 1 is 1.07 bits per heavy atom. The molecule has 0 atom stereocenters. The Morgan fingerprint density at radius 3 is 2.34 bits per heavy atom. The fraction of sp³-hybridized carbons (Fsp3) is 0.391. The Kier molecular flexibility index (Phi) is 6.99. The van der Waals surface area contributed by atoms with E-state index in [-0.39, 0.29) is 24.2 Å². The molecule has 0 unspecified atom stereocenters. The van der Waals surface area contributed by atoms with E-state index < -0.39 is 5.41 Å². The molecular weight excluding hydrogens is 371 g/mol. The van der Waals surface area contributed by atoms with Gasteiger partial charge in [-0.25, -0.2) is 4.39 Å². The number of benzene rings is 2. The van der Waals surface area contributed by atoms with Gasteiger partial charge in [0.15, 0.2) is 0 Å².